The van der Waals surface area contributed by atoms with E-state index in [1.165, 1.54) is 19.2 Å². The maximum Gasteiger partial charge on any atom is 0.416 e. The molecule has 28 heavy (non-hydrogen) atoms. The van der Waals surface area contributed by atoms with Gasteiger partial charge in [0.05, 0.1) is 12.7 Å². The smallest absolute Gasteiger partial charge is 0.416 e. The topological polar surface area (TPSA) is 99.0 Å². The summed E-state index contributed by atoms with van der Waals surface area (Å²) in [6.45, 7) is 3.43. The highest BCUT2D eigenvalue weighted by atomic mass is 19.4. The molecule has 8 nitrogen and oxygen atoms in total. The lowest BCUT2D eigenvalue weighted by Gasteiger charge is -2.17. The van der Waals surface area contributed by atoms with Crippen LogP contribution in [0.1, 0.15) is 25.8 Å². The Morgan fingerprint density at radius 3 is 2.61 bits per heavy atom. The largest absolute Gasteiger partial charge is 0.467 e. The lowest BCUT2D eigenvalue weighted by Crippen LogP contribution is -2.43. The van der Waals surface area contributed by atoms with E-state index in [9.17, 15) is 22.8 Å². The van der Waals surface area contributed by atoms with Crippen LogP contribution in [0, 0.1) is 5.92 Å². The van der Waals surface area contributed by atoms with Crippen molar-refractivity contribution in [2.75, 3.05) is 7.11 Å². The average Bonchev–Trinajstić information content (AvgIpc) is 3.07. The van der Waals surface area contributed by atoms with Crippen LogP contribution in [0.25, 0.3) is 11.4 Å². The average molecular weight is 399 g/mol. The standard InChI is InChI=1S/C17H20F3N5O3/c1-10(2)7-13(16(27)28-3)21-14(26)9-25-23-15(22-24-25)11-5-4-6-12(8-11)17(18,19)20/h4-6,8,10,13H,7,9H2,1-3H3,(H,21,26)/t13-/m0/s1. The Labute approximate surface area is 159 Å². The molecule has 0 radical (unpaired) electrons. The summed E-state index contributed by atoms with van der Waals surface area (Å²) in [6.07, 6.45) is -4.11. The number of benzene rings is 1. The van der Waals surface area contributed by atoms with E-state index in [-0.39, 0.29) is 23.9 Å². The van der Waals surface area contributed by atoms with E-state index in [0.717, 1.165) is 16.9 Å². The predicted octanol–water partition coefficient (Wildman–Crippen LogP) is 2.06. The van der Waals surface area contributed by atoms with Gasteiger partial charge in [-0.3, -0.25) is 4.79 Å². The zero-order valence-corrected chi connectivity index (χ0v) is 15.5. The van der Waals surface area contributed by atoms with Crippen molar-refractivity contribution in [1.29, 1.82) is 0 Å². The predicted molar refractivity (Wildman–Crippen MR) is 91.7 cm³/mol. The molecule has 152 valence electrons. The molecule has 1 atom stereocenters. The van der Waals surface area contributed by atoms with Crippen LogP contribution < -0.4 is 5.32 Å². The number of ether oxygens (including phenoxy) is 1. The minimum absolute atomic E-state index is 0.0504. The highest BCUT2D eigenvalue weighted by molar-refractivity contribution is 5.84. The number of carbonyl (C=O) groups excluding carboxylic acids is 2. The van der Waals surface area contributed by atoms with Crippen molar-refractivity contribution < 1.29 is 27.5 Å². The van der Waals surface area contributed by atoms with Crippen molar-refractivity contribution in [3.05, 3.63) is 29.8 Å². The number of amides is 1. The molecule has 1 aromatic heterocycles. The van der Waals surface area contributed by atoms with Crippen molar-refractivity contribution in [3.63, 3.8) is 0 Å². The molecule has 11 heteroatoms. The number of hydrogen-bond donors (Lipinski definition) is 1. The fourth-order valence-electron chi connectivity index (χ4n) is 2.46. The summed E-state index contributed by atoms with van der Waals surface area (Å²) in [6, 6.07) is 3.66. The maximum atomic E-state index is 12.8. The number of rotatable bonds is 7. The van der Waals surface area contributed by atoms with Gasteiger partial charge in [-0.05, 0) is 29.7 Å². The summed E-state index contributed by atoms with van der Waals surface area (Å²) >= 11 is 0. The van der Waals surface area contributed by atoms with Crippen molar-refractivity contribution >= 4 is 11.9 Å². The zero-order chi connectivity index (χ0) is 20.9. The fraction of sp³-hybridized carbons (Fsp3) is 0.471. The van der Waals surface area contributed by atoms with Crippen molar-refractivity contribution in [2.24, 2.45) is 5.92 Å². The van der Waals surface area contributed by atoms with E-state index in [1.807, 2.05) is 13.8 Å². The summed E-state index contributed by atoms with van der Waals surface area (Å²) in [7, 11) is 1.22. The molecule has 0 aliphatic rings. The maximum absolute atomic E-state index is 12.8. The third-order valence-corrected chi connectivity index (χ3v) is 3.71. The molecule has 0 saturated carbocycles. The first kappa shape index (κ1) is 21.3. The lowest BCUT2D eigenvalue weighted by molar-refractivity contribution is -0.145. The van der Waals surface area contributed by atoms with Crippen molar-refractivity contribution in [1.82, 2.24) is 25.5 Å². The molecule has 0 aliphatic carbocycles. The first-order chi connectivity index (χ1) is 13.1. The second-order valence-electron chi connectivity index (χ2n) is 6.49. The van der Waals surface area contributed by atoms with Crippen LogP contribution in [-0.4, -0.2) is 45.2 Å². The zero-order valence-electron chi connectivity index (χ0n) is 15.5. The molecular formula is C17H20F3N5O3. The second kappa shape index (κ2) is 8.81. The van der Waals surface area contributed by atoms with Crippen LogP contribution in [0.5, 0.6) is 0 Å². The number of tetrazole rings is 1. The van der Waals surface area contributed by atoms with E-state index in [4.69, 9.17) is 0 Å². The lowest BCUT2D eigenvalue weighted by atomic mass is 10.0. The summed E-state index contributed by atoms with van der Waals surface area (Å²) in [5, 5.41) is 13.8. The van der Waals surface area contributed by atoms with Crippen molar-refractivity contribution in [2.45, 2.75) is 39.0 Å². The van der Waals surface area contributed by atoms with Gasteiger partial charge in [0.2, 0.25) is 11.7 Å². The van der Waals surface area contributed by atoms with Crippen LogP contribution in [0.3, 0.4) is 0 Å². The summed E-state index contributed by atoms with van der Waals surface area (Å²) in [5.74, 6) is -1.03. The normalized spacial score (nSPS) is 12.7. The van der Waals surface area contributed by atoms with Crippen LogP contribution in [-0.2, 0) is 27.0 Å². The van der Waals surface area contributed by atoms with Gasteiger partial charge in [0.1, 0.15) is 12.6 Å². The third-order valence-electron chi connectivity index (χ3n) is 3.71. The molecule has 2 rings (SSSR count). The number of nitrogens with zero attached hydrogens (tertiary/aromatic N) is 4. The summed E-state index contributed by atoms with van der Waals surface area (Å²) in [5.41, 5.74) is -0.720. The summed E-state index contributed by atoms with van der Waals surface area (Å²) in [4.78, 5) is 24.9. The van der Waals surface area contributed by atoms with Gasteiger partial charge in [0, 0.05) is 5.56 Å². The summed E-state index contributed by atoms with van der Waals surface area (Å²) < 4.78 is 43.1. The Morgan fingerprint density at radius 2 is 2.00 bits per heavy atom. The quantitative estimate of drug-likeness (QED) is 0.716. The molecule has 0 spiro atoms. The number of esters is 1. The molecule has 0 bridgehead atoms. The number of halogens is 3. The van der Waals surface area contributed by atoms with Crippen LogP contribution in [0.2, 0.25) is 0 Å². The van der Waals surface area contributed by atoms with Gasteiger partial charge in [-0.1, -0.05) is 26.0 Å². The Hall–Kier alpha value is -2.98. The van der Waals surface area contributed by atoms with Gasteiger partial charge in [0.25, 0.3) is 0 Å². The number of nitrogens with one attached hydrogen (secondary N) is 1. The Balaban J connectivity index is 2.08. The van der Waals surface area contributed by atoms with Gasteiger partial charge >= 0.3 is 12.1 Å². The number of methoxy groups -OCH3 is 1. The fourth-order valence-corrected chi connectivity index (χ4v) is 2.46. The van der Waals surface area contributed by atoms with E-state index in [0.29, 0.717) is 6.42 Å². The van der Waals surface area contributed by atoms with E-state index >= 15 is 0 Å². The number of carbonyl (C=O) groups is 2. The number of alkyl halides is 3. The molecule has 0 unspecified atom stereocenters. The molecule has 0 saturated heterocycles. The number of aromatic nitrogens is 4. The Bertz CT molecular complexity index is 835. The van der Waals surface area contributed by atoms with E-state index < -0.39 is 29.7 Å². The SMILES string of the molecule is COC(=O)[C@H](CC(C)C)NC(=O)Cn1nnc(-c2cccc(C(F)(F)F)c2)n1. The first-order valence-corrected chi connectivity index (χ1v) is 8.42. The van der Waals surface area contributed by atoms with Crippen LogP contribution >= 0.6 is 0 Å². The minimum Gasteiger partial charge on any atom is -0.467 e. The highest BCUT2D eigenvalue weighted by Crippen LogP contribution is 2.31. The Morgan fingerprint density at radius 1 is 1.29 bits per heavy atom. The van der Waals surface area contributed by atoms with Crippen LogP contribution in [0.4, 0.5) is 13.2 Å². The molecule has 1 heterocycles. The number of hydrogen-bond acceptors (Lipinski definition) is 6. The molecule has 0 fully saturated rings. The van der Waals surface area contributed by atoms with Gasteiger partial charge in [-0.2, -0.15) is 18.0 Å². The third kappa shape index (κ3) is 5.76. The van der Waals surface area contributed by atoms with Gasteiger partial charge < -0.3 is 10.1 Å². The monoisotopic (exact) mass is 399 g/mol. The molecule has 1 aromatic carbocycles. The first-order valence-electron chi connectivity index (χ1n) is 8.42. The van der Waals surface area contributed by atoms with Crippen LogP contribution in [0.15, 0.2) is 24.3 Å². The second-order valence-corrected chi connectivity index (χ2v) is 6.49. The minimum atomic E-state index is -4.49. The van der Waals surface area contributed by atoms with Gasteiger partial charge in [0.15, 0.2) is 0 Å². The van der Waals surface area contributed by atoms with E-state index in [2.05, 4.69) is 25.5 Å². The molecule has 0 aliphatic heterocycles. The molecular weight excluding hydrogens is 379 g/mol. The Kier molecular flexibility index (Phi) is 6.71. The van der Waals surface area contributed by atoms with E-state index in [1.54, 1.807) is 0 Å². The molecule has 1 N–H and O–H groups in total. The molecule has 1 amide bonds. The van der Waals surface area contributed by atoms with Gasteiger partial charge in [-0.15, -0.1) is 10.2 Å². The highest BCUT2D eigenvalue weighted by Gasteiger charge is 2.30. The van der Waals surface area contributed by atoms with Gasteiger partial charge in [-0.25, -0.2) is 4.79 Å². The van der Waals surface area contributed by atoms with Crippen molar-refractivity contribution in [3.8, 4) is 11.4 Å². The molecule has 2 aromatic rings.